The monoisotopic (exact) mass is 390 g/mol. The summed E-state index contributed by atoms with van der Waals surface area (Å²) < 4.78 is 27.3. The molecule has 3 aromatic rings. The van der Waals surface area contributed by atoms with Crippen molar-refractivity contribution in [3.8, 4) is 0 Å². The average molecular weight is 391 g/mol. The van der Waals surface area contributed by atoms with Crippen LogP contribution in [0.25, 0.3) is 11.0 Å². The standard InChI is InChI=1S/C18H19ClN4O2S/c1-13-5-7-14(8-6-13)26(24,25)23-11-15(19)16-17(20-12-21-18(16)23)22-9-3-2-4-10-22/h5-8,11-12H,2-4,9-10H2,1H3. The van der Waals surface area contributed by atoms with Crippen molar-refractivity contribution in [2.75, 3.05) is 18.0 Å². The van der Waals surface area contributed by atoms with Crippen molar-refractivity contribution < 1.29 is 8.42 Å². The second-order valence-electron chi connectivity index (χ2n) is 6.53. The SMILES string of the molecule is Cc1ccc(S(=O)(=O)n2cc(Cl)c3c(N4CCCCC4)ncnc32)cc1. The molecule has 0 amide bonds. The van der Waals surface area contributed by atoms with E-state index in [4.69, 9.17) is 11.6 Å². The molecule has 8 heteroatoms. The van der Waals surface area contributed by atoms with Crippen LogP contribution in [0.3, 0.4) is 0 Å². The van der Waals surface area contributed by atoms with E-state index in [0.717, 1.165) is 35.5 Å². The van der Waals surface area contributed by atoms with Gasteiger partial charge in [-0.05, 0) is 38.3 Å². The van der Waals surface area contributed by atoms with Gasteiger partial charge in [-0.15, -0.1) is 0 Å². The molecule has 1 aromatic carbocycles. The van der Waals surface area contributed by atoms with Gasteiger partial charge in [-0.2, -0.15) is 0 Å². The Kier molecular flexibility index (Phi) is 4.36. The first-order chi connectivity index (χ1) is 12.5. The first-order valence-corrected chi connectivity index (χ1v) is 10.4. The summed E-state index contributed by atoms with van der Waals surface area (Å²) in [5.74, 6) is 0.706. The molecule has 0 aliphatic carbocycles. The van der Waals surface area contributed by atoms with Crippen LogP contribution in [0.15, 0.2) is 41.7 Å². The molecule has 0 N–H and O–H groups in total. The predicted octanol–water partition coefficient (Wildman–Crippen LogP) is 3.62. The van der Waals surface area contributed by atoms with Gasteiger partial charge in [0.15, 0.2) is 5.65 Å². The van der Waals surface area contributed by atoms with Crippen molar-refractivity contribution in [3.63, 3.8) is 0 Å². The highest BCUT2D eigenvalue weighted by Gasteiger charge is 2.25. The molecule has 1 fully saturated rings. The molecule has 26 heavy (non-hydrogen) atoms. The zero-order valence-electron chi connectivity index (χ0n) is 14.4. The molecule has 6 nitrogen and oxygen atoms in total. The molecular formula is C18H19ClN4O2S. The van der Waals surface area contributed by atoms with Gasteiger partial charge in [-0.25, -0.2) is 22.4 Å². The highest BCUT2D eigenvalue weighted by molar-refractivity contribution is 7.90. The number of hydrogen-bond donors (Lipinski definition) is 0. The van der Waals surface area contributed by atoms with Crippen LogP contribution in [-0.2, 0) is 10.0 Å². The van der Waals surface area contributed by atoms with Crippen molar-refractivity contribution in [2.45, 2.75) is 31.1 Å². The lowest BCUT2D eigenvalue weighted by Gasteiger charge is -2.28. The number of benzene rings is 1. The van der Waals surface area contributed by atoms with Crippen molar-refractivity contribution in [1.82, 2.24) is 13.9 Å². The number of piperidine rings is 1. The summed E-state index contributed by atoms with van der Waals surface area (Å²) in [7, 11) is -3.79. The van der Waals surface area contributed by atoms with E-state index < -0.39 is 10.0 Å². The molecule has 1 aliphatic rings. The van der Waals surface area contributed by atoms with Crippen LogP contribution in [-0.4, -0.2) is 35.4 Å². The van der Waals surface area contributed by atoms with E-state index in [2.05, 4.69) is 14.9 Å². The summed E-state index contributed by atoms with van der Waals surface area (Å²) in [5.41, 5.74) is 1.31. The molecule has 0 radical (unpaired) electrons. The minimum Gasteiger partial charge on any atom is -0.356 e. The largest absolute Gasteiger partial charge is 0.356 e. The van der Waals surface area contributed by atoms with E-state index in [-0.39, 0.29) is 4.90 Å². The topological polar surface area (TPSA) is 68.1 Å². The zero-order valence-corrected chi connectivity index (χ0v) is 16.0. The van der Waals surface area contributed by atoms with Crippen LogP contribution in [0.4, 0.5) is 5.82 Å². The normalized spacial score (nSPS) is 15.5. The summed E-state index contributed by atoms with van der Waals surface area (Å²) in [6.07, 6.45) is 6.20. The number of aromatic nitrogens is 3. The zero-order chi connectivity index (χ0) is 18.3. The third-order valence-corrected chi connectivity index (χ3v) is 6.67. The average Bonchev–Trinajstić information content (AvgIpc) is 3.01. The maximum Gasteiger partial charge on any atom is 0.269 e. The number of hydrogen-bond acceptors (Lipinski definition) is 5. The Bertz CT molecular complexity index is 1050. The Morgan fingerprint density at radius 1 is 1.04 bits per heavy atom. The number of rotatable bonds is 3. The number of anilines is 1. The summed E-state index contributed by atoms with van der Waals surface area (Å²) in [6.45, 7) is 3.69. The highest BCUT2D eigenvalue weighted by Crippen LogP contribution is 2.34. The van der Waals surface area contributed by atoms with Crippen LogP contribution in [0, 0.1) is 6.92 Å². The third kappa shape index (κ3) is 2.85. The molecular weight excluding hydrogens is 372 g/mol. The Balaban J connectivity index is 1.88. The van der Waals surface area contributed by atoms with Crippen molar-refractivity contribution in [3.05, 3.63) is 47.4 Å². The van der Waals surface area contributed by atoms with Crippen LogP contribution >= 0.6 is 11.6 Å². The van der Waals surface area contributed by atoms with Gasteiger partial charge >= 0.3 is 0 Å². The minimum atomic E-state index is -3.79. The van der Waals surface area contributed by atoms with E-state index in [0.29, 0.717) is 21.9 Å². The Morgan fingerprint density at radius 3 is 2.42 bits per heavy atom. The summed E-state index contributed by atoms with van der Waals surface area (Å²) >= 11 is 6.43. The molecule has 4 rings (SSSR count). The fourth-order valence-electron chi connectivity index (χ4n) is 3.33. The fraction of sp³-hybridized carbons (Fsp3) is 0.333. The molecule has 2 aromatic heterocycles. The van der Waals surface area contributed by atoms with Gasteiger partial charge in [0, 0.05) is 19.3 Å². The summed E-state index contributed by atoms with van der Waals surface area (Å²) in [6, 6.07) is 6.73. The van der Waals surface area contributed by atoms with Gasteiger partial charge in [0.2, 0.25) is 0 Å². The Hall–Kier alpha value is -2.12. The number of nitrogens with zero attached hydrogens (tertiary/aromatic N) is 4. The predicted molar refractivity (Wildman–Crippen MR) is 102 cm³/mol. The van der Waals surface area contributed by atoms with Crippen LogP contribution in [0.1, 0.15) is 24.8 Å². The highest BCUT2D eigenvalue weighted by atomic mass is 35.5. The molecule has 1 saturated heterocycles. The number of fused-ring (bicyclic) bond motifs is 1. The molecule has 1 aliphatic heterocycles. The maximum atomic E-state index is 13.1. The van der Waals surface area contributed by atoms with Crippen molar-refractivity contribution >= 4 is 38.5 Å². The van der Waals surface area contributed by atoms with Crippen molar-refractivity contribution in [2.24, 2.45) is 0 Å². The third-order valence-electron chi connectivity index (χ3n) is 4.72. The summed E-state index contributed by atoms with van der Waals surface area (Å²) in [4.78, 5) is 11.0. The Morgan fingerprint density at radius 2 is 1.73 bits per heavy atom. The van der Waals surface area contributed by atoms with E-state index >= 15 is 0 Å². The lowest BCUT2D eigenvalue weighted by molar-refractivity contribution is 0.574. The van der Waals surface area contributed by atoms with E-state index in [9.17, 15) is 8.42 Å². The molecule has 0 atom stereocenters. The fourth-order valence-corrected chi connectivity index (χ4v) is 4.97. The molecule has 0 saturated carbocycles. The van der Waals surface area contributed by atoms with Gasteiger partial charge in [-0.3, -0.25) is 0 Å². The minimum absolute atomic E-state index is 0.204. The Labute approximate surface area is 157 Å². The molecule has 0 spiro atoms. The lowest BCUT2D eigenvalue weighted by Crippen LogP contribution is -2.30. The number of halogens is 1. The molecule has 0 bridgehead atoms. The van der Waals surface area contributed by atoms with Crippen LogP contribution in [0.2, 0.25) is 5.02 Å². The van der Waals surface area contributed by atoms with E-state index in [1.807, 2.05) is 6.92 Å². The molecule has 0 unspecified atom stereocenters. The van der Waals surface area contributed by atoms with Gasteiger partial charge in [-0.1, -0.05) is 29.3 Å². The smallest absolute Gasteiger partial charge is 0.269 e. The van der Waals surface area contributed by atoms with Crippen molar-refractivity contribution in [1.29, 1.82) is 0 Å². The quantitative estimate of drug-likeness (QED) is 0.683. The van der Waals surface area contributed by atoms with Crippen LogP contribution in [0.5, 0.6) is 0 Å². The molecule has 136 valence electrons. The van der Waals surface area contributed by atoms with Gasteiger partial charge in [0.25, 0.3) is 10.0 Å². The first-order valence-electron chi connectivity index (χ1n) is 8.57. The maximum absolute atomic E-state index is 13.1. The lowest BCUT2D eigenvalue weighted by atomic mass is 10.1. The number of aryl methyl sites for hydroxylation is 1. The first kappa shape index (κ1) is 17.3. The second kappa shape index (κ2) is 6.55. The second-order valence-corrected chi connectivity index (χ2v) is 8.76. The van der Waals surface area contributed by atoms with Gasteiger partial charge in [0.1, 0.15) is 12.1 Å². The van der Waals surface area contributed by atoms with E-state index in [1.165, 1.54) is 18.9 Å². The van der Waals surface area contributed by atoms with Crippen LogP contribution < -0.4 is 4.90 Å². The summed E-state index contributed by atoms with van der Waals surface area (Å²) in [5, 5.41) is 0.934. The van der Waals surface area contributed by atoms with E-state index in [1.54, 1.807) is 24.3 Å². The van der Waals surface area contributed by atoms with Gasteiger partial charge < -0.3 is 4.90 Å². The van der Waals surface area contributed by atoms with Gasteiger partial charge in [0.05, 0.1) is 15.3 Å². The molecule has 3 heterocycles.